The van der Waals surface area contributed by atoms with E-state index in [1.807, 2.05) is 6.07 Å². The first-order valence-corrected chi connectivity index (χ1v) is 8.40. The molecule has 21 heavy (non-hydrogen) atoms. The molecule has 0 aliphatic heterocycles. The summed E-state index contributed by atoms with van der Waals surface area (Å²) >= 11 is 0. The first-order chi connectivity index (χ1) is 9.86. The van der Waals surface area contributed by atoms with Gasteiger partial charge in [0.05, 0.1) is 17.5 Å². The lowest BCUT2D eigenvalue weighted by Crippen LogP contribution is -2.24. The van der Waals surface area contributed by atoms with E-state index in [9.17, 15) is 8.42 Å². The highest BCUT2D eigenvalue weighted by molar-refractivity contribution is 7.89. The van der Waals surface area contributed by atoms with Gasteiger partial charge in [0.1, 0.15) is 4.90 Å². The van der Waals surface area contributed by atoms with E-state index in [-0.39, 0.29) is 22.7 Å². The number of nitrogens with two attached hydrogens (primary N) is 1. The molecule has 2 rings (SSSR count). The predicted octanol–water partition coefficient (Wildman–Crippen LogP) is 1.50. The number of para-hydroxylation sites is 1. The third-order valence-electron chi connectivity index (χ3n) is 3.90. The van der Waals surface area contributed by atoms with Gasteiger partial charge in [-0.15, -0.1) is 0 Å². The maximum absolute atomic E-state index is 12.2. The number of nitrogen functional groups attached to an aromatic ring is 1. The van der Waals surface area contributed by atoms with Gasteiger partial charge in [-0.1, -0.05) is 6.07 Å². The predicted molar refractivity (Wildman–Crippen MR) is 83.8 cm³/mol. The lowest BCUT2D eigenvalue weighted by Gasteiger charge is -2.19. The molecule has 7 heteroatoms. The summed E-state index contributed by atoms with van der Waals surface area (Å²) in [5, 5.41) is 3.34. The molecular formula is C14H23N3O3S. The first kappa shape index (κ1) is 16.1. The lowest BCUT2D eigenvalue weighted by atomic mass is 10.2. The summed E-state index contributed by atoms with van der Waals surface area (Å²) in [7, 11) is 1.17. The molecule has 3 N–H and O–H groups in total. The molecule has 1 fully saturated rings. The van der Waals surface area contributed by atoms with E-state index in [1.165, 1.54) is 24.5 Å². The Kier molecular flexibility index (Phi) is 4.75. The Morgan fingerprint density at radius 1 is 1.33 bits per heavy atom. The van der Waals surface area contributed by atoms with E-state index >= 15 is 0 Å². The van der Waals surface area contributed by atoms with Crippen LogP contribution in [0.2, 0.25) is 0 Å². The summed E-state index contributed by atoms with van der Waals surface area (Å²) in [6.45, 7) is 0. The standard InChI is InChI=1S/C14H23N3O3S/c1-17(2)21(18,19)13-6-4-5-12(14(13)15)16-10-7-8-11(9-10)20-3/h4-6,10-11,16H,7-9,15H2,1-3H3. The quantitative estimate of drug-likeness (QED) is 0.805. The average molecular weight is 313 g/mol. The highest BCUT2D eigenvalue weighted by Crippen LogP contribution is 2.31. The maximum atomic E-state index is 12.2. The zero-order chi connectivity index (χ0) is 15.6. The molecule has 118 valence electrons. The van der Waals surface area contributed by atoms with Crippen molar-refractivity contribution in [2.75, 3.05) is 32.3 Å². The minimum Gasteiger partial charge on any atom is -0.396 e. The Balaban J connectivity index is 2.23. The van der Waals surface area contributed by atoms with Crippen LogP contribution in [0.15, 0.2) is 23.1 Å². The topological polar surface area (TPSA) is 84.7 Å². The Hall–Kier alpha value is -1.31. The first-order valence-electron chi connectivity index (χ1n) is 6.96. The zero-order valence-corrected chi connectivity index (χ0v) is 13.5. The van der Waals surface area contributed by atoms with Crippen molar-refractivity contribution in [3.63, 3.8) is 0 Å². The molecule has 0 saturated heterocycles. The van der Waals surface area contributed by atoms with Crippen LogP contribution in [-0.4, -0.2) is 46.1 Å². The van der Waals surface area contributed by atoms with E-state index in [0.29, 0.717) is 5.69 Å². The molecular weight excluding hydrogens is 290 g/mol. The van der Waals surface area contributed by atoms with Crippen LogP contribution in [0.1, 0.15) is 19.3 Å². The number of nitrogens with one attached hydrogen (secondary N) is 1. The van der Waals surface area contributed by atoms with Crippen molar-refractivity contribution in [2.24, 2.45) is 0 Å². The third kappa shape index (κ3) is 3.30. The molecule has 2 unspecified atom stereocenters. The Labute approximate surface area is 126 Å². The Morgan fingerprint density at radius 2 is 2.05 bits per heavy atom. The number of hydrogen-bond donors (Lipinski definition) is 2. The smallest absolute Gasteiger partial charge is 0.244 e. The van der Waals surface area contributed by atoms with Crippen molar-refractivity contribution in [2.45, 2.75) is 36.3 Å². The molecule has 1 saturated carbocycles. The largest absolute Gasteiger partial charge is 0.396 e. The van der Waals surface area contributed by atoms with Gasteiger partial charge in [0.2, 0.25) is 10.0 Å². The molecule has 0 bridgehead atoms. The normalized spacial score (nSPS) is 22.7. The number of sulfonamides is 1. The summed E-state index contributed by atoms with van der Waals surface area (Å²) in [4.78, 5) is 0.138. The maximum Gasteiger partial charge on any atom is 0.244 e. The van der Waals surface area contributed by atoms with Crippen LogP contribution < -0.4 is 11.1 Å². The van der Waals surface area contributed by atoms with Crippen LogP contribution in [0.5, 0.6) is 0 Å². The van der Waals surface area contributed by atoms with E-state index in [1.54, 1.807) is 13.2 Å². The molecule has 1 aromatic rings. The summed E-state index contributed by atoms with van der Waals surface area (Å²) in [5.41, 5.74) is 6.99. The van der Waals surface area contributed by atoms with Gasteiger partial charge >= 0.3 is 0 Å². The minimum atomic E-state index is -3.54. The van der Waals surface area contributed by atoms with Crippen LogP contribution in [-0.2, 0) is 14.8 Å². The number of anilines is 2. The molecule has 1 aromatic carbocycles. The number of hydrogen-bond acceptors (Lipinski definition) is 5. The van der Waals surface area contributed by atoms with Gasteiger partial charge in [-0.3, -0.25) is 0 Å². The van der Waals surface area contributed by atoms with Crippen molar-refractivity contribution in [3.8, 4) is 0 Å². The van der Waals surface area contributed by atoms with Gasteiger partial charge in [-0.05, 0) is 31.4 Å². The van der Waals surface area contributed by atoms with Crippen molar-refractivity contribution in [1.82, 2.24) is 4.31 Å². The van der Waals surface area contributed by atoms with Gasteiger partial charge in [0.15, 0.2) is 0 Å². The van der Waals surface area contributed by atoms with Crippen LogP contribution in [0, 0.1) is 0 Å². The van der Waals surface area contributed by atoms with E-state index < -0.39 is 10.0 Å². The number of rotatable bonds is 5. The molecule has 0 radical (unpaired) electrons. The fraction of sp³-hybridized carbons (Fsp3) is 0.571. The van der Waals surface area contributed by atoms with Crippen LogP contribution in [0.3, 0.4) is 0 Å². The van der Waals surface area contributed by atoms with Crippen molar-refractivity contribution in [3.05, 3.63) is 18.2 Å². The van der Waals surface area contributed by atoms with Gasteiger partial charge in [0, 0.05) is 27.2 Å². The highest BCUT2D eigenvalue weighted by Gasteiger charge is 2.26. The van der Waals surface area contributed by atoms with E-state index in [4.69, 9.17) is 10.5 Å². The number of ether oxygens (including phenoxy) is 1. The van der Waals surface area contributed by atoms with Crippen LogP contribution in [0.25, 0.3) is 0 Å². The Bertz CT molecular complexity index is 601. The van der Waals surface area contributed by atoms with Crippen molar-refractivity contribution >= 4 is 21.4 Å². The molecule has 2 atom stereocenters. The summed E-state index contributed by atoms with van der Waals surface area (Å²) in [6.07, 6.45) is 3.16. The SMILES string of the molecule is COC1CCC(Nc2cccc(S(=O)(=O)N(C)C)c2N)C1. The molecule has 1 aliphatic carbocycles. The molecule has 0 spiro atoms. The minimum absolute atomic E-state index is 0.138. The summed E-state index contributed by atoms with van der Waals surface area (Å²) in [6, 6.07) is 5.30. The van der Waals surface area contributed by atoms with Gasteiger partial charge in [0.25, 0.3) is 0 Å². The van der Waals surface area contributed by atoms with Gasteiger partial charge in [-0.25, -0.2) is 12.7 Å². The molecule has 0 heterocycles. The van der Waals surface area contributed by atoms with Crippen LogP contribution >= 0.6 is 0 Å². The zero-order valence-electron chi connectivity index (χ0n) is 12.7. The van der Waals surface area contributed by atoms with E-state index in [2.05, 4.69) is 5.32 Å². The second kappa shape index (κ2) is 6.21. The lowest BCUT2D eigenvalue weighted by molar-refractivity contribution is 0.108. The number of benzene rings is 1. The molecule has 0 aromatic heterocycles. The van der Waals surface area contributed by atoms with Crippen LogP contribution in [0.4, 0.5) is 11.4 Å². The highest BCUT2D eigenvalue weighted by atomic mass is 32.2. The molecule has 6 nitrogen and oxygen atoms in total. The third-order valence-corrected chi connectivity index (χ3v) is 5.78. The van der Waals surface area contributed by atoms with Crippen molar-refractivity contribution < 1.29 is 13.2 Å². The van der Waals surface area contributed by atoms with Gasteiger partial charge < -0.3 is 15.8 Å². The van der Waals surface area contributed by atoms with E-state index in [0.717, 1.165) is 19.3 Å². The monoisotopic (exact) mass is 313 g/mol. The summed E-state index contributed by atoms with van der Waals surface area (Å²) < 4.78 is 31.0. The molecule has 0 amide bonds. The second-order valence-corrected chi connectivity index (χ2v) is 7.64. The fourth-order valence-electron chi connectivity index (χ4n) is 2.60. The van der Waals surface area contributed by atoms with Crippen molar-refractivity contribution in [1.29, 1.82) is 0 Å². The average Bonchev–Trinajstić information content (AvgIpc) is 2.88. The molecule has 1 aliphatic rings. The number of methoxy groups -OCH3 is 1. The number of nitrogens with zero attached hydrogens (tertiary/aromatic N) is 1. The summed E-state index contributed by atoms with van der Waals surface area (Å²) in [5.74, 6) is 0. The second-order valence-electron chi connectivity index (χ2n) is 5.52. The Morgan fingerprint density at radius 3 is 2.62 bits per heavy atom. The van der Waals surface area contributed by atoms with Gasteiger partial charge in [-0.2, -0.15) is 0 Å². The fourth-order valence-corrected chi connectivity index (χ4v) is 3.63.